The second-order valence-electron chi connectivity index (χ2n) is 7.14. The summed E-state index contributed by atoms with van der Waals surface area (Å²) in [7, 11) is 0. The molecule has 3 heterocycles. The first kappa shape index (κ1) is 19.3. The Kier molecular flexibility index (Phi) is 5.62. The Balaban J connectivity index is 1.55. The van der Waals surface area contributed by atoms with Crippen molar-refractivity contribution in [3.05, 3.63) is 62.7 Å². The van der Waals surface area contributed by atoms with Gasteiger partial charge >= 0.3 is 0 Å². The minimum Gasteiger partial charge on any atom is -0.330 e. The van der Waals surface area contributed by atoms with Crippen LogP contribution in [0.5, 0.6) is 0 Å². The fourth-order valence-corrected chi connectivity index (χ4v) is 5.11. The molecule has 1 aliphatic heterocycles. The topological polar surface area (TPSA) is 60.9 Å². The lowest BCUT2D eigenvalue weighted by atomic mass is 9.93. The zero-order valence-corrected chi connectivity index (χ0v) is 16.9. The van der Waals surface area contributed by atoms with E-state index in [4.69, 9.17) is 17.3 Å². The summed E-state index contributed by atoms with van der Waals surface area (Å²) in [6, 6.07) is 8.59. The first-order chi connectivity index (χ1) is 13.6. The van der Waals surface area contributed by atoms with Crippen molar-refractivity contribution in [3.63, 3.8) is 0 Å². The molecule has 146 valence electrons. The van der Waals surface area contributed by atoms with Gasteiger partial charge in [0.05, 0.1) is 21.8 Å². The Labute approximate surface area is 172 Å². The van der Waals surface area contributed by atoms with E-state index in [1.54, 1.807) is 24.4 Å². The second-order valence-corrected chi connectivity index (χ2v) is 8.68. The van der Waals surface area contributed by atoms with E-state index in [0.29, 0.717) is 34.8 Å². The first-order valence-corrected chi connectivity index (χ1v) is 10.6. The Bertz CT molecular complexity index is 1010. The van der Waals surface area contributed by atoms with Crippen LogP contribution in [0.2, 0.25) is 5.02 Å². The van der Waals surface area contributed by atoms with Crippen molar-refractivity contribution in [1.29, 1.82) is 0 Å². The molecule has 0 radical (unpaired) electrons. The van der Waals surface area contributed by atoms with E-state index >= 15 is 0 Å². The molecule has 0 saturated carbocycles. The molecule has 1 aromatic carbocycles. The van der Waals surface area contributed by atoms with Gasteiger partial charge in [-0.25, -0.2) is 4.39 Å². The molecule has 0 fully saturated rings. The van der Waals surface area contributed by atoms with E-state index in [0.717, 1.165) is 30.6 Å². The molecule has 0 spiro atoms. The van der Waals surface area contributed by atoms with E-state index in [1.807, 2.05) is 10.7 Å². The van der Waals surface area contributed by atoms with Gasteiger partial charge in [0.2, 0.25) is 0 Å². The fourth-order valence-electron chi connectivity index (χ4n) is 3.72. The smallest absolute Gasteiger partial charge is 0.173 e. The van der Waals surface area contributed by atoms with Crippen molar-refractivity contribution in [3.8, 4) is 11.3 Å². The number of halogens is 2. The summed E-state index contributed by atoms with van der Waals surface area (Å²) >= 11 is 7.87. The van der Waals surface area contributed by atoms with Crippen LogP contribution in [0.15, 0.2) is 36.5 Å². The summed E-state index contributed by atoms with van der Waals surface area (Å²) < 4.78 is 15.9. The molecule has 2 N–H and O–H groups in total. The monoisotopic (exact) mass is 417 g/mol. The summed E-state index contributed by atoms with van der Waals surface area (Å²) in [5, 5.41) is 4.95. The summed E-state index contributed by atoms with van der Waals surface area (Å²) in [5.41, 5.74) is 8.39. The Hall–Kier alpha value is -2.02. The number of hydrogen-bond donors (Lipinski definition) is 1. The molecule has 7 heteroatoms. The van der Waals surface area contributed by atoms with Crippen molar-refractivity contribution < 1.29 is 9.18 Å². The van der Waals surface area contributed by atoms with E-state index < -0.39 is 0 Å². The van der Waals surface area contributed by atoms with Crippen molar-refractivity contribution in [2.24, 2.45) is 11.7 Å². The third-order valence-corrected chi connectivity index (χ3v) is 6.69. The molecular weight excluding hydrogens is 397 g/mol. The number of rotatable bonds is 6. The molecule has 0 amide bonds. The van der Waals surface area contributed by atoms with E-state index in [2.05, 4.69) is 5.10 Å². The standard InChI is InChI=1S/C21H21ClFN3OS/c22-16-12-25-26-7-3-6-19-15(21(16)26)10-20(28-19)18(27)9-13(11-24)8-14-4-1-2-5-17(14)23/h1-2,4-5,10,12-13H,3,6-9,11,24H2. The minimum absolute atomic E-state index is 0.0482. The van der Waals surface area contributed by atoms with Gasteiger partial charge in [0.25, 0.3) is 0 Å². The van der Waals surface area contributed by atoms with Gasteiger partial charge in [0.1, 0.15) is 5.82 Å². The number of thiophene rings is 1. The number of Topliss-reactive ketones (excluding diaryl/α,β-unsaturated/α-hetero) is 1. The van der Waals surface area contributed by atoms with Gasteiger partial charge in [-0.05, 0) is 49.4 Å². The number of benzene rings is 1. The highest BCUT2D eigenvalue weighted by Crippen LogP contribution is 2.39. The van der Waals surface area contributed by atoms with Gasteiger partial charge < -0.3 is 5.73 Å². The van der Waals surface area contributed by atoms with E-state index in [-0.39, 0.29) is 17.5 Å². The summed E-state index contributed by atoms with van der Waals surface area (Å²) in [6.07, 6.45) is 4.28. The van der Waals surface area contributed by atoms with E-state index in [9.17, 15) is 9.18 Å². The molecule has 28 heavy (non-hydrogen) atoms. The maximum absolute atomic E-state index is 13.9. The van der Waals surface area contributed by atoms with Crippen LogP contribution in [0, 0.1) is 11.7 Å². The average Bonchev–Trinajstić information content (AvgIpc) is 3.22. The summed E-state index contributed by atoms with van der Waals surface area (Å²) in [5.74, 6) is -0.299. The number of aromatic nitrogens is 2. The molecule has 1 unspecified atom stereocenters. The number of hydrogen-bond acceptors (Lipinski definition) is 4. The highest BCUT2D eigenvalue weighted by Gasteiger charge is 2.24. The largest absolute Gasteiger partial charge is 0.330 e. The Morgan fingerprint density at radius 1 is 1.39 bits per heavy atom. The third kappa shape index (κ3) is 3.77. The van der Waals surface area contributed by atoms with Crippen LogP contribution in [0.4, 0.5) is 4.39 Å². The molecule has 1 atom stereocenters. The zero-order valence-electron chi connectivity index (χ0n) is 15.3. The predicted octanol–water partition coefficient (Wildman–Crippen LogP) is 4.74. The van der Waals surface area contributed by atoms with Crippen LogP contribution in [0.1, 0.15) is 33.0 Å². The van der Waals surface area contributed by atoms with Gasteiger partial charge in [-0.2, -0.15) is 5.10 Å². The molecule has 0 saturated heterocycles. The van der Waals surface area contributed by atoms with Gasteiger partial charge in [0, 0.05) is 23.4 Å². The quantitative estimate of drug-likeness (QED) is 0.589. The highest BCUT2D eigenvalue weighted by molar-refractivity contribution is 7.14. The minimum atomic E-state index is -0.251. The summed E-state index contributed by atoms with van der Waals surface area (Å²) in [6.45, 7) is 1.16. The number of carbonyl (C=O) groups is 1. The molecule has 2 aromatic heterocycles. The van der Waals surface area contributed by atoms with Gasteiger partial charge in [0.15, 0.2) is 5.78 Å². The molecule has 1 aliphatic rings. The maximum atomic E-state index is 13.9. The van der Waals surface area contributed by atoms with Gasteiger partial charge in [-0.3, -0.25) is 9.48 Å². The molecule has 0 aliphatic carbocycles. The van der Waals surface area contributed by atoms with Gasteiger partial charge in [-0.15, -0.1) is 11.3 Å². The lowest BCUT2D eigenvalue weighted by molar-refractivity contribution is 0.0966. The van der Waals surface area contributed by atoms with Crippen LogP contribution in [0.3, 0.4) is 0 Å². The summed E-state index contributed by atoms with van der Waals surface area (Å²) in [4.78, 5) is 14.8. The number of carbonyl (C=O) groups excluding carboxylic acids is 1. The number of nitrogens with two attached hydrogens (primary N) is 1. The van der Waals surface area contributed by atoms with Crippen molar-refractivity contribution >= 4 is 28.7 Å². The van der Waals surface area contributed by atoms with Crippen LogP contribution in [0.25, 0.3) is 11.3 Å². The molecule has 3 aromatic rings. The molecular formula is C21H21ClFN3OS. The molecule has 4 nitrogen and oxygen atoms in total. The Morgan fingerprint density at radius 2 is 2.21 bits per heavy atom. The van der Waals surface area contributed by atoms with Crippen LogP contribution < -0.4 is 5.73 Å². The SMILES string of the molecule is NCC(CC(=O)c1cc2c(s1)CCCn1ncc(Cl)c1-2)Cc1ccccc1F. The first-order valence-electron chi connectivity index (χ1n) is 9.38. The number of nitrogens with zero attached hydrogens (tertiary/aromatic N) is 2. The zero-order chi connectivity index (χ0) is 19.7. The number of aryl methyl sites for hydroxylation is 2. The number of fused-ring (bicyclic) bond motifs is 3. The van der Waals surface area contributed by atoms with Crippen LogP contribution >= 0.6 is 22.9 Å². The fraction of sp³-hybridized carbons (Fsp3) is 0.333. The van der Waals surface area contributed by atoms with Crippen molar-refractivity contribution in [2.45, 2.75) is 32.2 Å². The van der Waals surface area contributed by atoms with Crippen LogP contribution in [-0.4, -0.2) is 22.1 Å². The van der Waals surface area contributed by atoms with Crippen LogP contribution in [-0.2, 0) is 19.4 Å². The predicted molar refractivity (Wildman–Crippen MR) is 110 cm³/mol. The Morgan fingerprint density at radius 3 is 3.00 bits per heavy atom. The van der Waals surface area contributed by atoms with Crippen molar-refractivity contribution in [1.82, 2.24) is 9.78 Å². The molecule has 4 rings (SSSR count). The third-order valence-electron chi connectivity index (χ3n) is 5.18. The maximum Gasteiger partial charge on any atom is 0.173 e. The number of ketones is 1. The molecule has 0 bridgehead atoms. The average molecular weight is 418 g/mol. The lowest BCUT2D eigenvalue weighted by Gasteiger charge is -2.14. The normalized spacial score (nSPS) is 14.2. The van der Waals surface area contributed by atoms with Crippen molar-refractivity contribution in [2.75, 3.05) is 6.54 Å². The van der Waals surface area contributed by atoms with Gasteiger partial charge in [-0.1, -0.05) is 29.8 Å². The second kappa shape index (κ2) is 8.15. The highest BCUT2D eigenvalue weighted by atomic mass is 35.5. The lowest BCUT2D eigenvalue weighted by Crippen LogP contribution is -2.20. The van der Waals surface area contributed by atoms with E-state index in [1.165, 1.54) is 22.3 Å².